The van der Waals surface area contributed by atoms with E-state index in [0.717, 1.165) is 29.5 Å². The van der Waals surface area contributed by atoms with Gasteiger partial charge in [-0.25, -0.2) is 0 Å². The van der Waals surface area contributed by atoms with Gasteiger partial charge < -0.3 is 10.4 Å². The van der Waals surface area contributed by atoms with E-state index >= 15 is 0 Å². The van der Waals surface area contributed by atoms with Gasteiger partial charge in [-0.05, 0) is 29.7 Å². The molecule has 1 heterocycles. The molecule has 0 aromatic heterocycles. The molecule has 0 saturated carbocycles. The molecule has 0 bridgehead atoms. The smallest absolute Gasteiger partial charge is 0.307 e. The Morgan fingerprint density at radius 2 is 2.11 bits per heavy atom. The zero-order valence-corrected chi connectivity index (χ0v) is 11.9. The van der Waals surface area contributed by atoms with E-state index in [9.17, 15) is 4.79 Å². The Morgan fingerprint density at radius 1 is 1.32 bits per heavy atom. The summed E-state index contributed by atoms with van der Waals surface area (Å²) in [6, 6.07) is 7.79. The number of carboxylic acid groups (broad SMARTS) is 1. The summed E-state index contributed by atoms with van der Waals surface area (Å²) in [6.07, 6.45) is 4.10. The van der Waals surface area contributed by atoms with Crippen LogP contribution in [0.15, 0.2) is 24.3 Å². The second-order valence-electron chi connectivity index (χ2n) is 4.96. The predicted molar refractivity (Wildman–Crippen MR) is 79.6 cm³/mol. The summed E-state index contributed by atoms with van der Waals surface area (Å²) in [5.74, 6) is 0.511. The number of thioether (sulfide) groups is 1. The van der Waals surface area contributed by atoms with Gasteiger partial charge in [-0.3, -0.25) is 4.79 Å². The van der Waals surface area contributed by atoms with Crippen LogP contribution in [0.1, 0.15) is 30.4 Å². The van der Waals surface area contributed by atoms with E-state index in [1.165, 1.54) is 25.0 Å². The van der Waals surface area contributed by atoms with Crippen LogP contribution in [0.5, 0.6) is 0 Å². The Labute approximate surface area is 118 Å². The van der Waals surface area contributed by atoms with Crippen LogP contribution in [0.2, 0.25) is 0 Å². The van der Waals surface area contributed by atoms with Crippen molar-refractivity contribution in [3.8, 4) is 0 Å². The molecule has 1 aliphatic rings. The molecule has 1 fully saturated rings. The highest BCUT2D eigenvalue weighted by atomic mass is 32.2. The fourth-order valence-electron chi connectivity index (χ4n) is 2.40. The molecule has 1 unspecified atom stereocenters. The highest BCUT2D eigenvalue weighted by molar-refractivity contribution is 7.99. The van der Waals surface area contributed by atoms with Crippen LogP contribution < -0.4 is 5.32 Å². The zero-order valence-electron chi connectivity index (χ0n) is 11.1. The van der Waals surface area contributed by atoms with Crippen molar-refractivity contribution in [3.05, 3.63) is 35.4 Å². The van der Waals surface area contributed by atoms with Crippen molar-refractivity contribution >= 4 is 17.7 Å². The van der Waals surface area contributed by atoms with Crippen molar-refractivity contribution in [3.63, 3.8) is 0 Å². The van der Waals surface area contributed by atoms with Crippen LogP contribution >= 0.6 is 11.8 Å². The maximum Gasteiger partial charge on any atom is 0.307 e. The molecule has 0 aliphatic carbocycles. The van der Waals surface area contributed by atoms with Crippen molar-refractivity contribution < 1.29 is 9.90 Å². The van der Waals surface area contributed by atoms with Gasteiger partial charge in [0.2, 0.25) is 0 Å². The summed E-state index contributed by atoms with van der Waals surface area (Å²) in [7, 11) is 0. The van der Waals surface area contributed by atoms with Gasteiger partial charge in [-0.15, -0.1) is 0 Å². The fourth-order valence-corrected chi connectivity index (χ4v) is 3.67. The molecular formula is C15H21NO2S. The average Bonchev–Trinajstić information content (AvgIpc) is 2.41. The molecule has 19 heavy (non-hydrogen) atoms. The average molecular weight is 279 g/mol. The van der Waals surface area contributed by atoms with Gasteiger partial charge in [0.05, 0.1) is 6.42 Å². The first-order chi connectivity index (χ1) is 9.25. The van der Waals surface area contributed by atoms with Gasteiger partial charge in [0.15, 0.2) is 0 Å². The summed E-state index contributed by atoms with van der Waals surface area (Å²) in [4.78, 5) is 10.8. The van der Waals surface area contributed by atoms with E-state index in [1.807, 2.05) is 24.3 Å². The van der Waals surface area contributed by atoms with Gasteiger partial charge in [0, 0.05) is 18.3 Å². The minimum absolute atomic E-state index is 0.107. The Balaban J connectivity index is 1.83. The van der Waals surface area contributed by atoms with E-state index in [-0.39, 0.29) is 6.42 Å². The number of nitrogens with one attached hydrogen (secondary N) is 1. The third kappa shape index (κ3) is 4.88. The Bertz CT molecular complexity index is 416. The first-order valence-electron chi connectivity index (χ1n) is 6.86. The molecule has 2 N–H and O–H groups in total. The molecule has 1 aromatic rings. The van der Waals surface area contributed by atoms with E-state index in [1.54, 1.807) is 0 Å². The van der Waals surface area contributed by atoms with Gasteiger partial charge >= 0.3 is 5.97 Å². The number of aliphatic carboxylic acids is 1. The summed E-state index contributed by atoms with van der Waals surface area (Å²) in [5.41, 5.74) is 2.02. The van der Waals surface area contributed by atoms with E-state index in [0.29, 0.717) is 0 Å². The van der Waals surface area contributed by atoms with Crippen molar-refractivity contribution in [2.75, 3.05) is 12.3 Å². The first-order valence-corrected chi connectivity index (χ1v) is 7.91. The Hall–Kier alpha value is -1.00. The summed E-state index contributed by atoms with van der Waals surface area (Å²) >= 11 is 2.06. The van der Waals surface area contributed by atoms with Crippen molar-refractivity contribution in [1.82, 2.24) is 5.32 Å². The molecular weight excluding hydrogens is 258 g/mol. The maximum absolute atomic E-state index is 10.8. The topological polar surface area (TPSA) is 49.3 Å². The first kappa shape index (κ1) is 14.4. The largest absolute Gasteiger partial charge is 0.481 e. The number of carbonyl (C=O) groups is 1. The minimum atomic E-state index is -0.768. The molecule has 0 amide bonds. The highest BCUT2D eigenvalue weighted by Crippen LogP contribution is 2.24. The summed E-state index contributed by atoms with van der Waals surface area (Å²) < 4.78 is 0. The molecule has 2 rings (SSSR count). The monoisotopic (exact) mass is 279 g/mol. The molecule has 0 spiro atoms. The van der Waals surface area contributed by atoms with Gasteiger partial charge in [-0.1, -0.05) is 30.7 Å². The van der Waals surface area contributed by atoms with E-state index in [2.05, 4.69) is 17.1 Å². The Kier molecular flexibility index (Phi) is 5.73. The molecule has 1 aliphatic heterocycles. The summed E-state index contributed by atoms with van der Waals surface area (Å²) in [6.45, 7) is 1.78. The molecule has 3 nitrogen and oxygen atoms in total. The number of benzene rings is 1. The quantitative estimate of drug-likeness (QED) is 0.840. The maximum atomic E-state index is 10.8. The number of hydrogen-bond donors (Lipinski definition) is 2. The van der Waals surface area contributed by atoms with Crippen LogP contribution in [0, 0.1) is 0 Å². The standard InChI is InChI=1S/C15H21NO2S/c17-15(18)9-12-5-1-2-6-13(12)10-16-11-14-7-3-4-8-19-14/h1-2,5-6,14,16H,3-4,7-11H2,(H,17,18). The molecule has 1 atom stereocenters. The van der Waals surface area contributed by atoms with Crippen LogP contribution in [-0.4, -0.2) is 28.6 Å². The highest BCUT2D eigenvalue weighted by Gasteiger charge is 2.13. The second-order valence-corrected chi connectivity index (χ2v) is 6.37. The van der Waals surface area contributed by atoms with Crippen LogP contribution in [0.25, 0.3) is 0 Å². The lowest BCUT2D eigenvalue weighted by Crippen LogP contribution is -2.26. The molecule has 104 valence electrons. The van der Waals surface area contributed by atoms with Crippen molar-refractivity contribution in [2.45, 2.75) is 37.5 Å². The second kappa shape index (κ2) is 7.56. The van der Waals surface area contributed by atoms with Gasteiger partial charge in [-0.2, -0.15) is 11.8 Å². The molecule has 1 saturated heterocycles. The van der Waals surface area contributed by atoms with Gasteiger partial charge in [0.1, 0.15) is 0 Å². The van der Waals surface area contributed by atoms with Crippen LogP contribution in [0.4, 0.5) is 0 Å². The normalized spacial score (nSPS) is 19.3. The van der Waals surface area contributed by atoms with Crippen LogP contribution in [-0.2, 0) is 17.8 Å². The molecule has 1 aromatic carbocycles. The van der Waals surface area contributed by atoms with Crippen molar-refractivity contribution in [2.24, 2.45) is 0 Å². The van der Waals surface area contributed by atoms with Gasteiger partial charge in [0.25, 0.3) is 0 Å². The third-order valence-electron chi connectivity index (χ3n) is 3.42. The lowest BCUT2D eigenvalue weighted by Gasteiger charge is -2.21. The lowest BCUT2D eigenvalue weighted by molar-refractivity contribution is -0.136. The summed E-state index contributed by atoms with van der Waals surface area (Å²) in [5, 5.41) is 13.1. The van der Waals surface area contributed by atoms with E-state index in [4.69, 9.17) is 5.11 Å². The molecule has 4 heteroatoms. The molecule has 0 radical (unpaired) electrons. The van der Waals surface area contributed by atoms with Crippen LogP contribution in [0.3, 0.4) is 0 Å². The third-order valence-corrected chi connectivity index (χ3v) is 4.82. The lowest BCUT2D eigenvalue weighted by atomic mass is 10.0. The zero-order chi connectivity index (χ0) is 13.5. The number of hydrogen-bond acceptors (Lipinski definition) is 3. The minimum Gasteiger partial charge on any atom is -0.481 e. The predicted octanol–water partition coefficient (Wildman–Crippen LogP) is 2.69. The Morgan fingerprint density at radius 3 is 2.79 bits per heavy atom. The number of carboxylic acids is 1. The van der Waals surface area contributed by atoms with E-state index < -0.39 is 5.97 Å². The fraction of sp³-hybridized carbons (Fsp3) is 0.533. The SMILES string of the molecule is O=C(O)Cc1ccccc1CNCC1CCCCS1. The van der Waals surface area contributed by atoms with Crippen molar-refractivity contribution in [1.29, 1.82) is 0 Å². The number of rotatable bonds is 6.